The van der Waals surface area contributed by atoms with E-state index < -0.39 is 24.0 Å². The van der Waals surface area contributed by atoms with E-state index in [1.807, 2.05) is 0 Å². The third-order valence-corrected chi connectivity index (χ3v) is 5.34. The number of aromatic nitrogens is 5. The van der Waals surface area contributed by atoms with E-state index in [9.17, 15) is 18.0 Å². The summed E-state index contributed by atoms with van der Waals surface area (Å²) in [7, 11) is 0. The first-order chi connectivity index (χ1) is 14.3. The van der Waals surface area contributed by atoms with Crippen molar-refractivity contribution < 1.29 is 18.0 Å². The number of benzene rings is 1. The van der Waals surface area contributed by atoms with Gasteiger partial charge in [-0.1, -0.05) is 12.1 Å². The third kappa shape index (κ3) is 3.02. The summed E-state index contributed by atoms with van der Waals surface area (Å²) in [5.74, 6) is -1.15. The van der Waals surface area contributed by atoms with Crippen molar-refractivity contribution >= 4 is 33.5 Å². The van der Waals surface area contributed by atoms with Crippen LogP contribution in [0.15, 0.2) is 30.6 Å². The third-order valence-electron chi connectivity index (χ3n) is 5.34. The predicted octanol–water partition coefficient (Wildman–Crippen LogP) is 3.35. The lowest BCUT2D eigenvalue weighted by Crippen LogP contribution is -2.38. The van der Waals surface area contributed by atoms with E-state index in [2.05, 4.69) is 30.7 Å². The molecule has 1 fully saturated rings. The number of carbonyl (C=O) groups excluding carboxylic acids is 1. The van der Waals surface area contributed by atoms with Crippen molar-refractivity contribution in [3.8, 4) is 11.3 Å². The van der Waals surface area contributed by atoms with Crippen LogP contribution in [0.4, 0.5) is 19.0 Å². The predicted molar refractivity (Wildman–Crippen MR) is 104 cm³/mol. The van der Waals surface area contributed by atoms with Crippen molar-refractivity contribution in [2.75, 3.05) is 5.32 Å². The normalized spacial score (nSPS) is 15.6. The molecule has 11 heteroatoms. The molecule has 1 atom stereocenters. The number of hydrogen-bond acceptors (Lipinski definition) is 5. The quantitative estimate of drug-likeness (QED) is 0.398. The highest BCUT2D eigenvalue weighted by molar-refractivity contribution is 6.18. The van der Waals surface area contributed by atoms with Gasteiger partial charge in [-0.3, -0.25) is 4.79 Å². The smallest absolute Gasteiger partial charge is 0.365 e. The number of alkyl halides is 3. The van der Waals surface area contributed by atoms with E-state index in [1.54, 1.807) is 24.4 Å². The molecule has 1 aliphatic rings. The fraction of sp³-hybridized carbons (Fsp3) is 0.263. The van der Waals surface area contributed by atoms with Crippen LogP contribution in [0.1, 0.15) is 23.2 Å². The molecule has 4 aromatic rings. The van der Waals surface area contributed by atoms with Crippen LogP contribution in [-0.4, -0.2) is 43.5 Å². The van der Waals surface area contributed by atoms with Crippen LogP contribution < -0.4 is 11.1 Å². The average Bonchev–Trinajstić information content (AvgIpc) is 3.22. The van der Waals surface area contributed by atoms with Gasteiger partial charge in [0.25, 0.3) is 5.91 Å². The SMILES string of the molecule is NC(=O)c1cnc(N[C@H](C2CC2)C(F)(F)F)c2c1[nH]c1cc(-c3cn[nH]n3)ccc12. The first kappa shape index (κ1) is 18.4. The number of rotatable bonds is 5. The summed E-state index contributed by atoms with van der Waals surface area (Å²) >= 11 is 0. The molecular weight excluding hydrogens is 399 g/mol. The molecule has 3 heterocycles. The minimum absolute atomic E-state index is 0.0599. The maximum atomic E-state index is 13.6. The molecule has 0 saturated heterocycles. The Labute approximate surface area is 167 Å². The number of hydrogen-bond donors (Lipinski definition) is 4. The number of pyridine rings is 1. The van der Waals surface area contributed by atoms with Crippen LogP contribution in [-0.2, 0) is 0 Å². The first-order valence-electron chi connectivity index (χ1n) is 9.26. The number of H-pyrrole nitrogens is 2. The van der Waals surface area contributed by atoms with Gasteiger partial charge in [-0.05, 0) is 24.8 Å². The summed E-state index contributed by atoms with van der Waals surface area (Å²) in [5.41, 5.74) is 7.87. The van der Waals surface area contributed by atoms with Crippen LogP contribution in [0.25, 0.3) is 33.1 Å². The molecule has 0 radical (unpaired) electrons. The van der Waals surface area contributed by atoms with Crippen molar-refractivity contribution in [1.29, 1.82) is 0 Å². The zero-order valence-electron chi connectivity index (χ0n) is 15.4. The van der Waals surface area contributed by atoms with E-state index in [1.165, 1.54) is 6.20 Å². The largest absolute Gasteiger partial charge is 0.408 e. The number of aromatic amines is 2. The molecule has 3 aromatic heterocycles. The van der Waals surface area contributed by atoms with Gasteiger partial charge in [-0.2, -0.15) is 28.6 Å². The van der Waals surface area contributed by atoms with Crippen molar-refractivity contribution in [3.05, 3.63) is 36.2 Å². The lowest BCUT2D eigenvalue weighted by Gasteiger charge is -2.22. The van der Waals surface area contributed by atoms with Gasteiger partial charge in [-0.15, -0.1) is 0 Å². The second-order valence-electron chi connectivity index (χ2n) is 7.38. The minimum atomic E-state index is -4.41. The summed E-state index contributed by atoms with van der Waals surface area (Å²) in [6.45, 7) is 0. The number of nitrogens with one attached hydrogen (secondary N) is 3. The van der Waals surface area contributed by atoms with Gasteiger partial charge in [0, 0.05) is 22.7 Å². The van der Waals surface area contributed by atoms with E-state index in [0.29, 0.717) is 40.3 Å². The highest BCUT2D eigenvalue weighted by atomic mass is 19.4. The zero-order valence-corrected chi connectivity index (χ0v) is 15.4. The van der Waals surface area contributed by atoms with Gasteiger partial charge >= 0.3 is 6.18 Å². The maximum Gasteiger partial charge on any atom is 0.408 e. The number of carbonyl (C=O) groups is 1. The molecule has 0 aliphatic heterocycles. The molecular formula is C19H16F3N7O. The van der Waals surface area contributed by atoms with Crippen LogP contribution >= 0.6 is 0 Å². The number of anilines is 1. The Morgan fingerprint density at radius 3 is 2.70 bits per heavy atom. The number of nitrogens with two attached hydrogens (primary N) is 1. The molecule has 0 unspecified atom stereocenters. The van der Waals surface area contributed by atoms with Crippen LogP contribution in [0.3, 0.4) is 0 Å². The molecule has 154 valence electrons. The monoisotopic (exact) mass is 415 g/mol. The van der Waals surface area contributed by atoms with Crippen molar-refractivity contribution in [1.82, 2.24) is 25.4 Å². The van der Waals surface area contributed by atoms with E-state index in [-0.39, 0.29) is 11.4 Å². The molecule has 5 N–H and O–H groups in total. The molecule has 1 aromatic carbocycles. The van der Waals surface area contributed by atoms with E-state index in [0.717, 1.165) is 5.56 Å². The highest BCUT2D eigenvalue weighted by Crippen LogP contribution is 2.43. The summed E-state index contributed by atoms with van der Waals surface area (Å²) < 4.78 is 40.7. The Morgan fingerprint density at radius 2 is 2.07 bits per heavy atom. The Morgan fingerprint density at radius 1 is 1.27 bits per heavy atom. The summed E-state index contributed by atoms with van der Waals surface area (Å²) in [4.78, 5) is 19.1. The van der Waals surface area contributed by atoms with Crippen molar-refractivity contribution in [2.45, 2.75) is 25.1 Å². The molecule has 1 amide bonds. The molecule has 0 bridgehead atoms. The highest BCUT2D eigenvalue weighted by Gasteiger charge is 2.49. The molecule has 5 rings (SSSR count). The van der Waals surface area contributed by atoms with Gasteiger partial charge < -0.3 is 16.0 Å². The number of amides is 1. The fourth-order valence-electron chi connectivity index (χ4n) is 3.74. The minimum Gasteiger partial charge on any atom is -0.365 e. The Bertz CT molecular complexity index is 1260. The Kier molecular flexibility index (Phi) is 3.95. The average molecular weight is 415 g/mol. The second-order valence-corrected chi connectivity index (χ2v) is 7.38. The maximum absolute atomic E-state index is 13.6. The first-order valence-corrected chi connectivity index (χ1v) is 9.26. The molecule has 8 nitrogen and oxygen atoms in total. The second kappa shape index (κ2) is 6.44. The molecule has 1 saturated carbocycles. The molecule has 30 heavy (non-hydrogen) atoms. The summed E-state index contributed by atoms with van der Waals surface area (Å²) in [6.07, 6.45) is -0.648. The lowest BCUT2D eigenvalue weighted by molar-refractivity contribution is -0.146. The van der Waals surface area contributed by atoms with Gasteiger partial charge in [0.2, 0.25) is 0 Å². The van der Waals surface area contributed by atoms with E-state index in [4.69, 9.17) is 5.73 Å². The number of fused-ring (bicyclic) bond motifs is 3. The number of halogens is 3. The van der Waals surface area contributed by atoms with Crippen LogP contribution in [0, 0.1) is 5.92 Å². The Hall–Kier alpha value is -3.63. The summed E-state index contributed by atoms with van der Waals surface area (Å²) in [5, 5.41) is 13.9. The van der Waals surface area contributed by atoms with E-state index >= 15 is 0 Å². The van der Waals surface area contributed by atoms with Gasteiger partial charge in [0.15, 0.2) is 0 Å². The topological polar surface area (TPSA) is 125 Å². The standard InChI is InChI=1S/C19H16F3N7O/c20-19(21,22)16(8-1-2-8)27-18-14-10-4-3-9(13-7-25-29-28-13)5-12(10)26-15(14)11(6-24-18)17(23)30/h3-8,16,26H,1-2H2,(H2,23,30)(H,24,27)(H,25,28,29)/t16-/m1/s1. The van der Waals surface area contributed by atoms with Crippen molar-refractivity contribution in [3.63, 3.8) is 0 Å². The van der Waals surface area contributed by atoms with Crippen LogP contribution in [0.5, 0.6) is 0 Å². The number of nitrogens with zero attached hydrogens (tertiary/aromatic N) is 3. The van der Waals surface area contributed by atoms with Crippen LogP contribution in [0.2, 0.25) is 0 Å². The van der Waals surface area contributed by atoms with Crippen molar-refractivity contribution in [2.24, 2.45) is 11.7 Å². The zero-order chi connectivity index (χ0) is 21.0. The molecule has 0 spiro atoms. The van der Waals surface area contributed by atoms with Gasteiger partial charge in [0.1, 0.15) is 17.6 Å². The number of primary amides is 1. The lowest BCUT2D eigenvalue weighted by atomic mass is 10.1. The Balaban J connectivity index is 1.70. The van der Waals surface area contributed by atoms with Gasteiger partial charge in [-0.25, -0.2) is 4.98 Å². The summed E-state index contributed by atoms with van der Waals surface area (Å²) in [6, 6.07) is 3.60. The van der Waals surface area contributed by atoms with Gasteiger partial charge in [0.05, 0.1) is 22.7 Å². The molecule has 1 aliphatic carbocycles. The fourth-order valence-corrected chi connectivity index (χ4v) is 3.74.